The minimum absolute atomic E-state index is 0.0693. The summed E-state index contributed by atoms with van der Waals surface area (Å²) in [4.78, 5) is 18.5. The number of halogens is 2. The van der Waals surface area contributed by atoms with Gasteiger partial charge in [0.1, 0.15) is 6.61 Å². The number of benzene rings is 2. The minimum Gasteiger partial charge on any atom is -0.457 e. The van der Waals surface area contributed by atoms with Crippen LogP contribution >= 0.6 is 34.5 Å². The van der Waals surface area contributed by atoms with Gasteiger partial charge >= 0.3 is 5.97 Å². The summed E-state index contributed by atoms with van der Waals surface area (Å²) in [5.74, 6) is -0.419. The second kappa shape index (κ2) is 7.69. The maximum absolute atomic E-state index is 12.8. The molecule has 0 aliphatic carbocycles. The number of ether oxygens (including phenoxy) is 1. The molecular weight excluding hydrogens is 401 g/mol. The SMILES string of the molecule is O=C(OCc1ccc(Cl)cc1Cl)c1cc(-c2cccs2)nc2ccccc12. The normalized spacial score (nSPS) is 10.9. The Labute approximate surface area is 170 Å². The molecule has 4 rings (SSSR count). The Balaban J connectivity index is 1.68. The highest BCUT2D eigenvalue weighted by molar-refractivity contribution is 7.13. The summed E-state index contributed by atoms with van der Waals surface area (Å²) in [5, 5.41) is 3.74. The molecule has 2 heterocycles. The third-order valence-electron chi connectivity index (χ3n) is 4.08. The fourth-order valence-electron chi connectivity index (χ4n) is 2.75. The molecule has 0 aliphatic heterocycles. The van der Waals surface area contributed by atoms with Crippen LogP contribution in [0.4, 0.5) is 0 Å². The van der Waals surface area contributed by atoms with Crippen molar-refractivity contribution in [1.82, 2.24) is 4.98 Å². The Hall–Kier alpha value is -2.40. The van der Waals surface area contributed by atoms with Gasteiger partial charge in [-0.3, -0.25) is 0 Å². The number of aromatic nitrogens is 1. The fourth-order valence-corrected chi connectivity index (χ4v) is 3.90. The summed E-state index contributed by atoms with van der Waals surface area (Å²) in [7, 11) is 0. The first-order valence-electron chi connectivity index (χ1n) is 8.16. The van der Waals surface area contributed by atoms with E-state index in [2.05, 4.69) is 4.98 Å². The zero-order valence-corrected chi connectivity index (χ0v) is 16.3. The lowest BCUT2D eigenvalue weighted by atomic mass is 10.1. The van der Waals surface area contributed by atoms with Gasteiger partial charge in [0.15, 0.2) is 0 Å². The molecule has 0 aliphatic rings. The summed E-state index contributed by atoms with van der Waals surface area (Å²) < 4.78 is 5.52. The highest BCUT2D eigenvalue weighted by Gasteiger charge is 2.16. The number of hydrogen-bond donors (Lipinski definition) is 0. The van der Waals surface area contributed by atoms with Crippen LogP contribution in [0.2, 0.25) is 10.0 Å². The van der Waals surface area contributed by atoms with E-state index < -0.39 is 5.97 Å². The molecule has 27 heavy (non-hydrogen) atoms. The number of para-hydroxylation sites is 1. The predicted octanol–water partition coefficient (Wildman–Crippen LogP) is 6.63. The minimum atomic E-state index is -0.419. The average molecular weight is 414 g/mol. The first kappa shape index (κ1) is 18.0. The molecule has 0 N–H and O–H groups in total. The fraction of sp³-hybridized carbons (Fsp3) is 0.0476. The molecule has 0 bridgehead atoms. The summed E-state index contributed by atoms with van der Waals surface area (Å²) in [6, 6.07) is 18.3. The third-order valence-corrected chi connectivity index (χ3v) is 5.56. The van der Waals surface area contributed by atoms with Crippen LogP contribution in [0.5, 0.6) is 0 Å². The maximum Gasteiger partial charge on any atom is 0.339 e. The topological polar surface area (TPSA) is 39.2 Å². The van der Waals surface area contributed by atoms with E-state index in [4.69, 9.17) is 27.9 Å². The van der Waals surface area contributed by atoms with E-state index in [1.165, 1.54) is 0 Å². The van der Waals surface area contributed by atoms with Crippen molar-refractivity contribution >= 4 is 51.4 Å². The van der Waals surface area contributed by atoms with Gasteiger partial charge in [-0.2, -0.15) is 0 Å². The number of hydrogen-bond acceptors (Lipinski definition) is 4. The number of pyridine rings is 1. The summed E-state index contributed by atoms with van der Waals surface area (Å²) in [6.07, 6.45) is 0. The second-order valence-electron chi connectivity index (χ2n) is 5.86. The van der Waals surface area contributed by atoms with Crippen LogP contribution in [0.3, 0.4) is 0 Å². The van der Waals surface area contributed by atoms with E-state index in [9.17, 15) is 4.79 Å². The van der Waals surface area contributed by atoms with E-state index >= 15 is 0 Å². The highest BCUT2D eigenvalue weighted by atomic mass is 35.5. The third kappa shape index (κ3) is 3.83. The van der Waals surface area contributed by atoms with Gasteiger partial charge in [0.05, 0.1) is 21.7 Å². The van der Waals surface area contributed by atoms with Gasteiger partial charge < -0.3 is 4.74 Å². The van der Waals surface area contributed by atoms with Crippen molar-refractivity contribution in [1.29, 1.82) is 0 Å². The van der Waals surface area contributed by atoms with Gasteiger partial charge in [-0.25, -0.2) is 9.78 Å². The van der Waals surface area contributed by atoms with Gasteiger partial charge in [-0.15, -0.1) is 11.3 Å². The van der Waals surface area contributed by atoms with Gasteiger partial charge in [0, 0.05) is 21.0 Å². The molecule has 0 atom stereocenters. The van der Waals surface area contributed by atoms with Gasteiger partial charge in [0.2, 0.25) is 0 Å². The molecule has 0 saturated carbocycles. The predicted molar refractivity (Wildman–Crippen MR) is 111 cm³/mol. The molecule has 0 spiro atoms. The number of esters is 1. The van der Waals surface area contributed by atoms with Crippen LogP contribution in [0.1, 0.15) is 15.9 Å². The lowest BCUT2D eigenvalue weighted by molar-refractivity contribution is 0.0475. The van der Waals surface area contributed by atoms with Crippen molar-refractivity contribution in [2.24, 2.45) is 0 Å². The van der Waals surface area contributed by atoms with E-state index in [0.717, 1.165) is 21.5 Å². The van der Waals surface area contributed by atoms with Gasteiger partial charge in [-0.1, -0.05) is 53.5 Å². The molecule has 3 nitrogen and oxygen atoms in total. The number of carbonyl (C=O) groups excluding carboxylic acids is 1. The molecular formula is C21H13Cl2NO2S. The first-order chi connectivity index (χ1) is 13.1. The molecule has 6 heteroatoms. The van der Waals surface area contributed by atoms with Crippen molar-refractivity contribution in [3.05, 3.63) is 87.2 Å². The largest absolute Gasteiger partial charge is 0.457 e. The number of fused-ring (bicyclic) bond motifs is 1. The zero-order valence-electron chi connectivity index (χ0n) is 14.0. The maximum atomic E-state index is 12.8. The smallest absolute Gasteiger partial charge is 0.339 e. The molecule has 4 aromatic rings. The lowest BCUT2D eigenvalue weighted by Gasteiger charge is -2.10. The van der Waals surface area contributed by atoms with Crippen LogP contribution < -0.4 is 0 Å². The number of nitrogens with zero attached hydrogens (tertiary/aromatic N) is 1. The van der Waals surface area contributed by atoms with Crippen LogP contribution in [-0.2, 0) is 11.3 Å². The van der Waals surface area contributed by atoms with Crippen molar-refractivity contribution in [2.75, 3.05) is 0 Å². The standard InChI is InChI=1S/C21H13Cl2NO2S/c22-14-8-7-13(17(23)10-14)12-26-21(25)16-11-19(20-6-3-9-27-20)24-18-5-2-1-4-15(16)18/h1-11H,12H2. The molecule has 2 aromatic heterocycles. The monoisotopic (exact) mass is 413 g/mol. The van der Waals surface area contributed by atoms with Gasteiger partial charge in [-0.05, 0) is 35.7 Å². The van der Waals surface area contributed by atoms with E-state index in [1.807, 2.05) is 41.8 Å². The Morgan fingerprint density at radius 1 is 1.04 bits per heavy atom. The molecule has 0 radical (unpaired) electrons. The van der Waals surface area contributed by atoms with Crippen LogP contribution in [-0.4, -0.2) is 11.0 Å². The van der Waals surface area contributed by atoms with Crippen molar-refractivity contribution in [3.63, 3.8) is 0 Å². The van der Waals surface area contributed by atoms with Crippen molar-refractivity contribution < 1.29 is 9.53 Å². The van der Waals surface area contributed by atoms with E-state index in [-0.39, 0.29) is 6.61 Å². The van der Waals surface area contributed by atoms with Crippen LogP contribution in [0, 0.1) is 0 Å². The van der Waals surface area contributed by atoms with E-state index in [0.29, 0.717) is 21.2 Å². The van der Waals surface area contributed by atoms with E-state index in [1.54, 1.807) is 35.6 Å². The molecule has 2 aromatic carbocycles. The Bertz CT molecular complexity index is 1130. The first-order valence-corrected chi connectivity index (χ1v) is 9.80. The zero-order chi connectivity index (χ0) is 18.8. The second-order valence-corrected chi connectivity index (χ2v) is 7.65. The Morgan fingerprint density at radius 2 is 1.89 bits per heavy atom. The van der Waals surface area contributed by atoms with Crippen molar-refractivity contribution in [2.45, 2.75) is 6.61 Å². The highest BCUT2D eigenvalue weighted by Crippen LogP contribution is 2.29. The summed E-state index contributed by atoms with van der Waals surface area (Å²) in [5.41, 5.74) is 2.68. The Morgan fingerprint density at radius 3 is 2.67 bits per heavy atom. The number of carbonyl (C=O) groups is 1. The number of thiophene rings is 1. The lowest BCUT2D eigenvalue weighted by Crippen LogP contribution is -2.07. The molecule has 0 amide bonds. The van der Waals surface area contributed by atoms with Crippen LogP contribution in [0.15, 0.2) is 66.0 Å². The van der Waals surface area contributed by atoms with Gasteiger partial charge in [0.25, 0.3) is 0 Å². The summed E-state index contributed by atoms with van der Waals surface area (Å²) >= 11 is 13.6. The molecule has 0 fully saturated rings. The average Bonchev–Trinajstić information content (AvgIpc) is 3.21. The summed E-state index contributed by atoms with van der Waals surface area (Å²) in [6.45, 7) is 0.0693. The van der Waals surface area contributed by atoms with Crippen molar-refractivity contribution in [3.8, 4) is 10.6 Å². The molecule has 134 valence electrons. The Kier molecular flexibility index (Phi) is 5.12. The number of rotatable bonds is 4. The van der Waals surface area contributed by atoms with Crippen LogP contribution in [0.25, 0.3) is 21.5 Å². The molecule has 0 unspecified atom stereocenters. The quantitative estimate of drug-likeness (QED) is 0.352. The molecule has 0 saturated heterocycles.